The molecule has 8 heteroatoms. The van der Waals surface area contributed by atoms with Gasteiger partial charge in [-0.25, -0.2) is 0 Å². The molecule has 5 nitrogen and oxygen atoms in total. The topological polar surface area (TPSA) is 67.8 Å². The molecule has 0 atom stereocenters. The first-order valence-electron chi connectivity index (χ1n) is 7.38. The molecule has 0 aliphatic heterocycles. The van der Waals surface area contributed by atoms with Gasteiger partial charge in [0.2, 0.25) is 0 Å². The Labute approximate surface area is 164 Å². The van der Waals surface area contributed by atoms with E-state index in [0.29, 0.717) is 43.9 Å². The Morgan fingerprint density at radius 1 is 1.20 bits per heavy atom. The summed E-state index contributed by atoms with van der Waals surface area (Å²) in [6, 6.07) is 8.16. The quantitative estimate of drug-likeness (QED) is 0.646. The molecule has 1 amide bonds. The zero-order valence-electron chi connectivity index (χ0n) is 13.3. The molecule has 2 rings (SSSR count). The molecule has 0 heterocycles. The minimum atomic E-state index is -0.362. The first-order chi connectivity index (χ1) is 11.9. The fourth-order valence-corrected chi connectivity index (χ4v) is 2.93. The minimum absolute atomic E-state index is 0.128. The summed E-state index contributed by atoms with van der Waals surface area (Å²) in [7, 11) is 0. The highest BCUT2D eigenvalue weighted by molar-refractivity contribution is 9.10. The summed E-state index contributed by atoms with van der Waals surface area (Å²) in [6.07, 6.45) is 0. The Morgan fingerprint density at radius 3 is 2.60 bits per heavy atom. The number of nitrogens with one attached hydrogen (secondary N) is 1. The largest absolute Gasteiger partial charge is 0.490 e. The number of ether oxygens (including phenoxy) is 2. The average Bonchev–Trinajstić information content (AvgIpc) is 2.57. The lowest BCUT2D eigenvalue weighted by Gasteiger charge is -2.15. The second kappa shape index (κ2) is 9.29. The summed E-state index contributed by atoms with van der Waals surface area (Å²) in [4.78, 5) is 12.1. The van der Waals surface area contributed by atoms with Crippen molar-refractivity contribution in [2.45, 2.75) is 13.5 Å². The molecule has 25 heavy (non-hydrogen) atoms. The molecule has 2 aromatic carbocycles. The SMILES string of the molecule is CCOc1cc(CO)cc(Br)c1OCC(=O)Nc1ccc(Cl)c(Cl)c1. The van der Waals surface area contributed by atoms with Crippen molar-refractivity contribution < 1.29 is 19.4 Å². The van der Waals surface area contributed by atoms with Gasteiger partial charge in [-0.1, -0.05) is 23.2 Å². The van der Waals surface area contributed by atoms with Crippen LogP contribution in [-0.4, -0.2) is 24.2 Å². The van der Waals surface area contributed by atoms with Crippen LogP contribution in [0.1, 0.15) is 12.5 Å². The van der Waals surface area contributed by atoms with Gasteiger partial charge in [0, 0.05) is 5.69 Å². The van der Waals surface area contributed by atoms with Crippen molar-refractivity contribution in [3.05, 3.63) is 50.4 Å². The van der Waals surface area contributed by atoms with E-state index in [1.54, 1.807) is 30.3 Å². The minimum Gasteiger partial charge on any atom is -0.490 e. The number of hydrogen-bond acceptors (Lipinski definition) is 4. The molecule has 2 aromatic rings. The molecule has 0 fully saturated rings. The Balaban J connectivity index is 2.06. The van der Waals surface area contributed by atoms with Crippen LogP contribution >= 0.6 is 39.1 Å². The number of benzene rings is 2. The molecule has 0 aliphatic carbocycles. The highest BCUT2D eigenvalue weighted by Gasteiger charge is 2.14. The van der Waals surface area contributed by atoms with E-state index in [9.17, 15) is 9.90 Å². The molecular formula is C17H16BrCl2NO4. The zero-order chi connectivity index (χ0) is 18.4. The van der Waals surface area contributed by atoms with E-state index in [0.717, 1.165) is 0 Å². The maximum absolute atomic E-state index is 12.1. The molecule has 0 saturated carbocycles. The fourth-order valence-electron chi connectivity index (χ4n) is 2.02. The Hall–Kier alpha value is -1.47. The van der Waals surface area contributed by atoms with Crippen molar-refractivity contribution in [3.63, 3.8) is 0 Å². The number of rotatable bonds is 7. The molecule has 0 aromatic heterocycles. The fraction of sp³-hybridized carbons (Fsp3) is 0.235. The number of amides is 1. The number of carbonyl (C=O) groups is 1. The van der Waals surface area contributed by atoms with Crippen LogP contribution in [0.4, 0.5) is 5.69 Å². The van der Waals surface area contributed by atoms with Gasteiger partial charge < -0.3 is 19.9 Å². The zero-order valence-corrected chi connectivity index (χ0v) is 16.4. The number of aliphatic hydroxyl groups is 1. The highest BCUT2D eigenvalue weighted by atomic mass is 79.9. The van der Waals surface area contributed by atoms with Crippen molar-refractivity contribution in [1.82, 2.24) is 0 Å². The van der Waals surface area contributed by atoms with Gasteiger partial charge in [-0.05, 0) is 58.7 Å². The van der Waals surface area contributed by atoms with Crippen LogP contribution in [-0.2, 0) is 11.4 Å². The molecule has 0 aliphatic rings. The number of carbonyl (C=O) groups excluding carboxylic acids is 1. The van der Waals surface area contributed by atoms with Crippen molar-refractivity contribution in [1.29, 1.82) is 0 Å². The molecule has 0 radical (unpaired) electrons. The van der Waals surface area contributed by atoms with Gasteiger partial charge in [-0.15, -0.1) is 0 Å². The van der Waals surface area contributed by atoms with Crippen LogP contribution in [0.2, 0.25) is 10.0 Å². The average molecular weight is 449 g/mol. The monoisotopic (exact) mass is 447 g/mol. The number of halogens is 3. The first kappa shape index (κ1) is 19.8. The second-order valence-electron chi connectivity index (χ2n) is 4.96. The first-order valence-corrected chi connectivity index (χ1v) is 8.93. The molecule has 2 N–H and O–H groups in total. The Bertz CT molecular complexity index is 771. The third kappa shape index (κ3) is 5.51. The predicted octanol–water partition coefficient (Wildman–Crippen LogP) is 4.66. The highest BCUT2D eigenvalue weighted by Crippen LogP contribution is 2.37. The lowest BCUT2D eigenvalue weighted by atomic mass is 10.2. The number of anilines is 1. The summed E-state index contributed by atoms with van der Waals surface area (Å²) < 4.78 is 11.7. The van der Waals surface area contributed by atoms with Gasteiger partial charge in [0.25, 0.3) is 5.91 Å². The van der Waals surface area contributed by atoms with Gasteiger partial charge in [0.1, 0.15) is 0 Å². The normalized spacial score (nSPS) is 10.4. The van der Waals surface area contributed by atoms with E-state index in [2.05, 4.69) is 21.2 Å². The molecule has 0 unspecified atom stereocenters. The van der Waals surface area contributed by atoms with Gasteiger partial charge in [-0.3, -0.25) is 4.79 Å². The van der Waals surface area contributed by atoms with Crippen molar-refractivity contribution in [2.24, 2.45) is 0 Å². The Morgan fingerprint density at radius 2 is 1.96 bits per heavy atom. The van der Waals surface area contributed by atoms with Crippen molar-refractivity contribution in [3.8, 4) is 11.5 Å². The number of aliphatic hydroxyl groups excluding tert-OH is 1. The molecule has 0 bridgehead atoms. The van der Waals surface area contributed by atoms with Crippen LogP contribution in [0.15, 0.2) is 34.8 Å². The lowest BCUT2D eigenvalue weighted by Crippen LogP contribution is -2.20. The predicted molar refractivity (Wildman–Crippen MR) is 102 cm³/mol. The van der Waals surface area contributed by atoms with Gasteiger partial charge in [0.05, 0.1) is 27.7 Å². The van der Waals surface area contributed by atoms with E-state index < -0.39 is 0 Å². The van der Waals surface area contributed by atoms with E-state index in [1.807, 2.05) is 6.92 Å². The third-order valence-corrected chi connectivity index (χ3v) is 4.43. The van der Waals surface area contributed by atoms with E-state index in [1.165, 1.54) is 0 Å². The summed E-state index contributed by atoms with van der Waals surface area (Å²) in [5.41, 5.74) is 1.19. The van der Waals surface area contributed by atoms with E-state index in [4.69, 9.17) is 32.7 Å². The van der Waals surface area contributed by atoms with E-state index in [-0.39, 0.29) is 19.1 Å². The molecular weight excluding hydrogens is 433 g/mol. The molecule has 134 valence electrons. The lowest BCUT2D eigenvalue weighted by molar-refractivity contribution is -0.118. The van der Waals surface area contributed by atoms with Gasteiger partial charge >= 0.3 is 0 Å². The van der Waals surface area contributed by atoms with Crippen LogP contribution < -0.4 is 14.8 Å². The van der Waals surface area contributed by atoms with Gasteiger partial charge in [0.15, 0.2) is 18.1 Å². The number of hydrogen-bond donors (Lipinski definition) is 2. The Kier molecular flexibility index (Phi) is 7.38. The maximum atomic E-state index is 12.1. The second-order valence-corrected chi connectivity index (χ2v) is 6.63. The standard InChI is InChI=1S/C17H16BrCl2NO4/c1-2-24-15-6-10(8-22)5-12(18)17(15)25-9-16(23)21-11-3-4-13(19)14(20)7-11/h3-7,22H,2,8-9H2,1H3,(H,21,23). The summed E-state index contributed by atoms with van der Waals surface area (Å²) >= 11 is 15.1. The van der Waals surface area contributed by atoms with Crippen LogP contribution in [0.25, 0.3) is 0 Å². The maximum Gasteiger partial charge on any atom is 0.262 e. The third-order valence-electron chi connectivity index (χ3n) is 3.10. The smallest absolute Gasteiger partial charge is 0.262 e. The molecule has 0 spiro atoms. The van der Waals surface area contributed by atoms with Crippen molar-refractivity contribution >= 4 is 50.7 Å². The van der Waals surface area contributed by atoms with Crippen LogP contribution in [0.5, 0.6) is 11.5 Å². The van der Waals surface area contributed by atoms with Crippen LogP contribution in [0, 0.1) is 0 Å². The summed E-state index contributed by atoms with van der Waals surface area (Å²) in [5.74, 6) is 0.477. The van der Waals surface area contributed by atoms with Crippen molar-refractivity contribution in [2.75, 3.05) is 18.5 Å². The summed E-state index contributed by atoms with van der Waals surface area (Å²) in [6.45, 7) is 1.90. The van der Waals surface area contributed by atoms with E-state index >= 15 is 0 Å². The van der Waals surface area contributed by atoms with Gasteiger partial charge in [-0.2, -0.15) is 0 Å². The molecule has 0 saturated heterocycles. The summed E-state index contributed by atoms with van der Waals surface area (Å²) in [5, 5.41) is 12.7. The van der Waals surface area contributed by atoms with Crippen LogP contribution in [0.3, 0.4) is 0 Å².